The molecule has 0 aliphatic rings. The van der Waals surface area contributed by atoms with E-state index in [2.05, 4.69) is 10.2 Å². The highest BCUT2D eigenvalue weighted by molar-refractivity contribution is 6.30. The molecule has 1 aromatic carbocycles. The minimum Gasteiger partial charge on any atom is -0.392 e. The highest BCUT2D eigenvalue weighted by atomic mass is 35.5. The molecule has 0 radical (unpaired) electrons. The number of nitrogens with one attached hydrogen (secondary N) is 1. The molecule has 1 N–H and O–H groups in total. The number of halogens is 1. The Balaban J connectivity index is 2.22. The van der Waals surface area contributed by atoms with E-state index in [0.717, 1.165) is 5.56 Å². The van der Waals surface area contributed by atoms with Gasteiger partial charge in [0, 0.05) is 5.02 Å². The van der Waals surface area contributed by atoms with E-state index in [4.69, 9.17) is 16.0 Å². The molecule has 0 spiro atoms. The third-order valence-electron chi connectivity index (χ3n) is 1.73. The molecular weight excluding hydrogens is 204 g/mol. The zero-order chi connectivity index (χ0) is 9.97. The van der Waals surface area contributed by atoms with Crippen molar-refractivity contribution in [1.82, 2.24) is 10.2 Å². The van der Waals surface area contributed by atoms with Crippen molar-refractivity contribution in [3.05, 3.63) is 51.3 Å². The van der Waals surface area contributed by atoms with Crippen LogP contribution < -0.4 is 5.76 Å². The van der Waals surface area contributed by atoms with E-state index >= 15 is 0 Å². The molecule has 4 nitrogen and oxygen atoms in total. The zero-order valence-electron chi connectivity index (χ0n) is 7.16. The van der Waals surface area contributed by atoms with E-state index in [1.165, 1.54) is 0 Å². The van der Waals surface area contributed by atoms with Gasteiger partial charge in [-0.1, -0.05) is 23.7 Å². The summed E-state index contributed by atoms with van der Waals surface area (Å²) in [5.41, 5.74) is 0.952. The van der Waals surface area contributed by atoms with Gasteiger partial charge < -0.3 is 4.42 Å². The van der Waals surface area contributed by atoms with Crippen molar-refractivity contribution in [2.75, 3.05) is 0 Å². The number of aromatic amines is 1. The minimum absolute atomic E-state index is 0.359. The smallest absolute Gasteiger partial charge is 0.392 e. The largest absolute Gasteiger partial charge is 0.434 e. The first-order chi connectivity index (χ1) is 6.74. The molecule has 14 heavy (non-hydrogen) atoms. The summed E-state index contributed by atoms with van der Waals surface area (Å²) in [5.74, 6) is -0.181. The lowest BCUT2D eigenvalue weighted by atomic mass is 10.1. The van der Waals surface area contributed by atoms with Gasteiger partial charge in [0.15, 0.2) is 0 Å². The molecule has 0 amide bonds. The molecule has 2 rings (SSSR count). The Morgan fingerprint density at radius 3 is 3.00 bits per heavy atom. The number of nitrogens with zero attached hydrogens (tertiary/aromatic N) is 1. The van der Waals surface area contributed by atoms with Crippen LogP contribution in [0.3, 0.4) is 0 Å². The first-order valence-corrected chi connectivity index (χ1v) is 4.41. The SMILES string of the molecule is O=c1[nH]nc(Cc2cccc(Cl)c2)o1. The summed E-state index contributed by atoms with van der Waals surface area (Å²) in [4.78, 5) is 10.6. The van der Waals surface area contributed by atoms with Crippen LogP contribution in [0.1, 0.15) is 11.5 Å². The van der Waals surface area contributed by atoms with Gasteiger partial charge in [-0.25, -0.2) is 9.89 Å². The molecular formula is C9H7ClN2O2. The van der Waals surface area contributed by atoms with Crippen molar-refractivity contribution in [3.63, 3.8) is 0 Å². The standard InChI is InChI=1S/C9H7ClN2O2/c10-7-3-1-2-6(4-7)5-8-11-12-9(13)14-8/h1-4H,5H2,(H,12,13). The number of H-pyrrole nitrogens is 1. The predicted octanol–water partition coefficient (Wildman–Crippen LogP) is 1.61. The van der Waals surface area contributed by atoms with Gasteiger partial charge in [-0.2, -0.15) is 0 Å². The number of hydrogen-bond acceptors (Lipinski definition) is 3. The van der Waals surface area contributed by atoms with E-state index in [1.54, 1.807) is 12.1 Å². The van der Waals surface area contributed by atoms with Gasteiger partial charge in [0.2, 0.25) is 5.89 Å². The van der Waals surface area contributed by atoms with E-state index in [1.807, 2.05) is 12.1 Å². The summed E-state index contributed by atoms with van der Waals surface area (Å²) in [6.45, 7) is 0. The summed E-state index contributed by atoms with van der Waals surface area (Å²) >= 11 is 5.80. The highest BCUT2D eigenvalue weighted by Crippen LogP contribution is 2.12. The van der Waals surface area contributed by atoms with Crippen LogP contribution in [-0.4, -0.2) is 10.2 Å². The highest BCUT2D eigenvalue weighted by Gasteiger charge is 2.02. The topological polar surface area (TPSA) is 58.9 Å². The van der Waals surface area contributed by atoms with Crippen LogP contribution in [0.2, 0.25) is 5.02 Å². The third kappa shape index (κ3) is 2.03. The Bertz CT molecular complexity index is 489. The quantitative estimate of drug-likeness (QED) is 0.819. The molecule has 1 heterocycles. The number of benzene rings is 1. The van der Waals surface area contributed by atoms with Crippen LogP contribution in [0, 0.1) is 0 Å². The lowest BCUT2D eigenvalue weighted by molar-refractivity contribution is 0.471. The van der Waals surface area contributed by atoms with Gasteiger partial charge in [0.05, 0.1) is 6.42 Å². The lowest BCUT2D eigenvalue weighted by Crippen LogP contribution is -1.93. The zero-order valence-corrected chi connectivity index (χ0v) is 7.91. The Morgan fingerprint density at radius 1 is 1.50 bits per heavy atom. The fourth-order valence-electron chi connectivity index (χ4n) is 1.16. The van der Waals surface area contributed by atoms with Crippen LogP contribution in [0.4, 0.5) is 0 Å². The van der Waals surface area contributed by atoms with E-state index in [-0.39, 0.29) is 0 Å². The van der Waals surface area contributed by atoms with Crippen molar-refractivity contribution >= 4 is 11.6 Å². The van der Waals surface area contributed by atoms with Gasteiger partial charge in [0.25, 0.3) is 0 Å². The molecule has 0 aliphatic heterocycles. The van der Waals surface area contributed by atoms with Gasteiger partial charge in [-0.15, -0.1) is 5.10 Å². The summed E-state index contributed by atoms with van der Waals surface area (Å²) < 4.78 is 4.76. The molecule has 5 heteroatoms. The molecule has 0 atom stereocenters. The summed E-state index contributed by atoms with van der Waals surface area (Å²) in [7, 11) is 0. The maximum absolute atomic E-state index is 10.6. The average molecular weight is 211 g/mol. The van der Waals surface area contributed by atoms with Crippen molar-refractivity contribution in [2.24, 2.45) is 0 Å². The predicted molar refractivity (Wildman–Crippen MR) is 51.4 cm³/mol. The second-order valence-electron chi connectivity index (χ2n) is 2.81. The Kier molecular flexibility index (Phi) is 2.37. The fraction of sp³-hybridized carbons (Fsp3) is 0.111. The van der Waals surface area contributed by atoms with Crippen LogP contribution in [0.25, 0.3) is 0 Å². The first-order valence-electron chi connectivity index (χ1n) is 4.03. The van der Waals surface area contributed by atoms with Gasteiger partial charge in [-0.05, 0) is 17.7 Å². The molecule has 0 aliphatic carbocycles. The minimum atomic E-state index is -0.540. The molecule has 0 saturated carbocycles. The average Bonchev–Trinajstić information content (AvgIpc) is 2.51. The van der Waals surface area contributed by atoms with Crippen LogP contribution in [0.5, 0.6) is 0 Å². The number of rotatable bonds is 2. The van der Waals surface area contributed by atoms with Crippen LogP contribution in [0.15, 0.2) is 33.5 Å². The van der Waals surface area contributed by atoms with Crippen LogP contribution in [-0.2, 0) is 6.42 Å². The molecule has 0 bridgehead atoms. The summed E-state index contributed by atoms with van der Waals surface area (Å²) in [6, 6.07) is 7.31. The van der Waals surface area contributed by atoms with E-state index in [9.17, 15) is 4.79 Å². The molecule has 72 valence electrons. The second-order valence-corrected chi connectivity index (χ2v) is 3.25. The van der Waals surface area contributed by atoms with Crippen molar-refractivity contribution in [1.29, 1.82) is 0 Å². The van der Waals surface area contributed by atoms with Crippen molar-refractivity contribution < 1.29 is 4.42 Å². The fourth-order valence-corrected chi connectivity index (χ4v) is 1.37. The molecule has 0 saturated heterocycles. The molecule has 0 unspecified atom stereocenters. The van der Waals surface area contributed by atoms with Gasteiger partial charge in [0.1, 0.15) is 0 Å². The van der Waals surface area contributed by atoms with Crippen molar-refractivity contribution in [3.8, 4) is 0 Å². The Hall–Kier alpha value is -1.55. The summed E-state index contributed by atoms with van der Waals surface area (Å²) in [6.07, 6.45) is 0.458. The van der Waals surface area contributed by atoms with Gasteiger partial charge >= 0.3 is 5.76 Å². The normalized spacial score (nSPS) is 10.4. The third-order valence-corrected chi connectivity index (χ3v) is 1.96. The second kappa shape index (κ2) is 3.67. The Morgan fingerprint density at radius 2 is 2.36 bits per heavy atom. The van der Waals surface area contributed by atoms with Crippen molar-refractivity contribution in [2.45, 2.75) is 6.42 Å². The van der Waals surface area contributed by atoms with E-state index in [0.29, 0.717) is 17.3 Å². The molecule has 1 aromatic heterocycles. The molecule has 2 aromatic rings. The number of hydrogen-bond donors (Lipinski definition) is 1. The Labute approximate surface area is 84.5 Å². The lowest BCUT2D eigenvalue weighted by Gasteiger charge is -1.96. The molecule has 0 fully saturated rings. The monoisotopic (exact) mass is 210 g/mol. The first kappa shape index (κ1) is 9.02. The maximum atomic E-state index is 10.6. The maximum Gasteiger partial charge on any atom is 0.434 e. The number of aromatic nitrogens is 2. The van der Waals surface area contributed by atoms with Crippen LogP contribution >= 0.6 is 11.6 Å². The van der Waals surface area contributed by atoms with E-state index < -0.39 is 5.76 Å². The van der Waals surface area contributed by atoms with Gasteiger partial charge in [-0.3, -0.25) is 0 Å². The summed E-state index contributed by atoms with van der Waals surface area (Å²) in [5, 5.41) is 6.54.